The number of methoxy groups -OCH3 is 1. The molecule has 5 nitrogen and oxygen atoms in total. The van der Waals surface area contributed by atoms with E-state index in [9.17, 15) is 13.6 Å². The van der Waals surface area contributed by atoms with Crippen LogP contribution < -0.4 is 10.6 Å². The summed E-state index contributed by atoms with van der Waals surface area (Å²) < 4.78 is 37.1. The molecule has 1 amide bonds. The van der Waals surface area contributed by atoms with Crippen molar-refractivity contribution in [1.29, 1.82) is 0 Å². The number of rotatable bonds is 9. The molecule has 1 aromatic rings. The van der Waals surface area contributed by atoms with Crippen molar-refractivity contribution in [2.45, 2.75) is 6.42 Å². The van der Waals surface area contributed by atoms with Gasteiger partial charge in [-0.15, -0.1) is 0 Å². The lowest BCUT2D eigenvalue weighted by atomic mass is 10.1. The number of benzene rings is 1. The Morgan fingerprint density at radius 1 is 1.19 bits per heavy atom. The number of hydrogen-bond donors (Lipinski definition) is 2. The summed E-state index contributed by atoms with van der Waals surface area (Å²) in [6.07, 6.45) is 0.606. The number of anilines is 1. The van der Waals surface area contributed by atoms with E-state index in [1.165, 1.54) is 7.05 Å². The van der Waals surface area contributed by atoms with E-state index in [-0.39, 0.29) is 11.3 Å². The lowest BCUT2D eigenvalue weighted by Crippen LogP contribution is -2.25. The molecule has 0 atom stereocenters. The standard InChI is InChI=1S/C14H20F2N2O3/c1-17-13-11(15)8-10(9-12(13)16)14(19)18-4-3-5-21-7-6-20-2/h8-9,17H,3-7H2,1-2H3,(H,18,19). The molecule has 7 heteroatoms. The van der Waals surface area contributed by atoms with Gasteiger partial charge in [0.15, 0.2) is 0 Å². The summed E-state index contributed by atoms with van der Waals surface area (Å²) in [5.74, 6) is -2.12. The van der Waals surface area contributed by atoms with Crippen molar-refractivity contribution < 1.29 is 23.0 Å². The largest absolute Gasteiger partial charge is 0.383 e. The normalized spacial score (nSPS) is 10.5. The molecule has 1 rings (SSSR count). The molecule has 0 aliphatic carbocycles. The van der Waals surface area contributed by atoms with Gasteiger partial charge in [-0.05, 0) is 18.6 Å². The smallest absolute Gasteiger partial charge is 0.251 e. The second kappa shape index (κ2) is 9.25. The molecule has 0 heterocycles. The monoisotopic (exact) mass is 302 g/mol. The molecule has 0 aromatic heterocycles. The molecular formula is C14H20F2N2O3. The van der Waals surface area contributed by atoms with Crippen LogP contribution in [-0.4, -0.2) is 46.4 Å². The van der Waals surface area contributed by atoms with Gasteiger partial charge in [-0.25, -0.2) is 8.78 Å². The van der Waals surface area contributed by atoms with Crippen LogP contribution >= 0.6 is 0 Å². The highest BCUT2D eigenvalue weighted by molar-refractivity contribution is 5.94. The molecule has 0 unspecified atom stereocenters. The molecule has 0 bridgehead atoms. The van der Waals surface area contributed by atoms with Crippen LogP contribution in [-0.2, 0) is 9.47 Å². The summed E-state index contributed by atoms with van der Waals surface area (Å²) in [4.78, 5) is 11.8. The van der Waals surface area contributed by atoms with Gasteiger partial charge in [-0.2, -0.15) is 0 Å². The Morgan fingerprint density at radius 3 is 2.43 bits per heavy atom. The first-order valence-corrected chi connectivity index (χ1v) is 6.61. The Bertz CT molecular complexity index is 447. The van der Waals surface area contributed by atoms with Gasteiger partial charge in [0, 0.05) is 32.9 Å². The van der Waals surface area contributed by atoms with Crippen LogP contribution in [0.15, 0.2) is 12.1 Å². The number of amides is 1. The van der Waals surface area contributed by atoms with Gasteiger partial charge < -0.3 is 20.1 Å². The SMILES string of the molecule is CNc1c(F)cc(C(=O)NCCCOCCOC)cc1F. The Labute approximate surface area is 122 Å². The van der Waals surface area contributed by atoms with Crippen LogP contribution in [0.3, 0.4) is 0 Å². The molecule has 0 spiro atoms. The maximum atomic E-state index is 13.5. The van der Waals surface area contributed by atoms with Crippen LogP contribution in [0, 0.1) is 11.6 Å². The van der Waals surface area contributed by atoms with E-state index < -0.39 is 17.5 Å². The third kappa shape index (κ3) is 5.65. The number of nitrogens with one attached hydrogen (secondary N) is 2. The van der Waals surface area contributed by atoms with Gasteiger partial charge in [0.25, 0.3) is 5.91 Å². The predicted molar refractivity (Wildman–Crippen MR) is 75.5 cm³/mol. The van der Waals surface area contributed by atoms with Gasteiger partial charge in [0.2, 0.25) is 0 Å². The Kier molecular flexibility index (Phi) is 7.63. The van der Waals surface area contributed by atoms with Gasteiger partial charge in [0.05, 0.1) is 13.2 Å². The maximum Gasteiger partial charge on any atom is 0.251 e. The summed E-state index contributed by atoms with van der Waals surface area (Å²) in [5.41, 5.74) is -0.303. The van der Waals surface area contributed by atoms with E-state index in [4.69, 9.17) is 9.47 Å². The Balaban J connectivity index is 2.39. The second-order valence-corrected chi connectivity index (χ2v) is 4.28. The Morgan fingerprint density at radius 2 is 1.86 bits per heavy atom. The van der Waals surface area contributed by atoms with Crippen molar-refractivity contribution in [2.75, 3.05) is 45.8 Å². The summed E-state index contributed by atoms with van der Waals surface area (Å²) in [5, 5.41) is 4.98. The number of hydrogen-bond acceptors (Lipinski definition) is 4. The van der Waals surface area contributed by atoms with E-state index in [1.807, 2.05) is 0 Å². The number of ether oxygens (including phenoxy) is 2. The number of halogens is 2. The Hall–Kier alpha value is -1.73. The summed E-state index contributed by atoms with van der Waals surface area (Å²) in [6.45, 7) is 1.85. The van der Waals surface area contributed by atoms with Crippen molar-refractivity contribution in [3.63, 3.8) is 0 Å². The molecule has 0 radical (unpaired) electrons. The average Bonchev–Trinajstić information content (AvgIpc) is 2.45. The molecule has 0 saturated heterocycles. The van der Waals surface area contributed by atoms with Gasteiger partial charge in [-0.1, -0.05) is 0 Å². The molecule has 118 valence electrons. The average molecular weight is 302 g/mol. The zero-order chi connectivity index (χ0) is 15.7. The van der Waals surface area contributed by atoms with Crippen molar-refractivity contribution in [1.82, 2.24) is 5.32 Å². The van der Waals surface area contributed by atoms with E-state index >= 15 is 0 Å². The van der Waals surface area contributed by atoms with Crippen molar-refractivity contribution in [3.8, 4) is 0 Å². The summed E-state index contributed by atoms with van der Waals surface area (Å²) in [6, 6.07) is 2.00. The van der Waals surface area contributed by atoms with Crippen molar-refractivity contribution in [2.24, 2.45) is 0 Å². The van der Waals surface area contributed by atoms with Crippen molar-refractivity contribution >= 4 is 11.6 Å². The van der Waals surface area contributed by atoms with Crippen LogP contribution in [0.5, 0.6) is 0 Å². The van der Waals surface area contributed by atoms with Gasteiger partial charge in [0.1, 0.15) is 17.3 Å². The molecule has 0 aliphatic rings. The number of carbonyl (C=O) groups is 1. The minimum absolute atomic E-state index is 0.0516. The molecule has 0 saturated carbocycles. The van der Waals surface area contributed by atoms with E-state index in [1.54, 1.807) is 7.11 Å². The predicted octanol–water partition coefficient (Wildman–Crippen LogP) is 1.79. The summed E-state index contributed by atoms with van der Waals surface area (Å²) >= 11 is 0. The molecular weight excluding hydrogens is 282 g/mol. The zero-order valence-corrected chi connectivity index (χ0v) is 12.2. The quantitative estimate of drug-likeness (QED) is 0.683. The number of carbonyl (C=O) groups excluding carboxylic acids is 1. The zero-order valence-electron chi connectivity index (χ0n) is 12.2. The lowest BCUT2D eigenvalue weighted by Gasteiger charge is -2.09. The van der Waals surface area contributed by atoms with Crippen LogP contribution in [0.4, 0.5) is 14.5 Å². The molecule has 1 aromatic carbocycles. The van der Waals surface area contributed by atoms with Gasteiger partial charge >= 0.3 is 0 Å². The topological polar surface area (TPSA) is 59.6 Å². The lowest BCUT2D eigenvalue weighted by molar-refractivity contribution is 0.0688. The minimum atomic E-state index is -0.800. The van der Waals surface area contributed by atoms with Gasteiger partial charge in [-0.3, -0.25) is 4.79 Å². The molecule has 2 N–H and O–H groups in total. The third-order valence-corrected chi connectivity index (χ3v) is 2.74. The highest BCUT2D eigenvalue weighted by Gasteiger charge is 2.13. The maximum absolute atomic E-state index is 13.5. The highest BCUT2D eigenvalue weighted by Crippen LogP contribution is 2.20. The first-order valence-electron chi connectivity index (χ1n) is 6.61. The van der Waals surface area contributed by atoms with E-state index in [2.05, 4.69) is 10.6 Å². The fraction of sp³-hybridized carbons (Fsp3) is 0.500. The fourth-order valence-corrected chi connectivity index (χ4v) is 1.67. The molecule has 0 fully saturated rings. The first-order chi connectivity index (χ1) is 10.1. The van der Waals surface area contributed by atoms with E-state index in [0.717, 1.165) is 12.1 Å². The highest BCUT2D eigenvalue weighted by atomic mass is 19.1. The van der Waals surface area contributed by atoms with Crippen LogP contribution in [0.25, 0.3) is 0 Å². The first kappa shape index (κ1) is 17.3. The molecule has 0 aliphatic heterocycles. The fourth-order valence-electron chi connectivity index (χ4n) is 1.67. The second-order valence-electron chi connectivity index (χ2n) is 4.28. The third-order valence-electron chi connectivity index (χ3n) is 2.74. The van der Waals surface area contributed by atoms with Crippen LogP contribution in [0.2, 0.25) is 0 Å². The van der Waals surface area contributed by atoms with Crippen molar-refractivity contribution in [3.05, 3.63) is 29.3 Å². The van der Waals surface area contributed by atoms with Crippen LogP contribution in [0.1, 0.15) is 16.8 Å². The summed E-state index contributed by atoms with van der Waals surface area (Å²) in [7, 11) is 2.99. The van der Waals surface area contributed by atoms with E-state index in [0.29, 0.717) is 32.8 Å². The minimum Gasteiger partial charge on any atom is -0.383 e. The molecule has 21 heavy (non-hydrogen) atoms.